The number of nitrogens with one attached hydrogen (secondary N) is 2. The van der Waals surface area contributed by atoms with Crippen LogP contribution in [0.25, 0.3) is 5.69 Å². The molecule has 0 aliphatic heterocycles. The van der Waals surface area contributed by atoms with Gasteiger partial charge in [-0.1, -0.05) is 37.0 Å². The van der Waals surface area contributed by atoms with E-state index in [9.17, 15) is 9.59 Å². The standard InChI is InChI=1S/C16H18Cl2N4O2/c1-9(2)14(15(23)19-3)21-12-8-20-22(16(24)13(12)18)11-6-4-10(17)5-7-11/h4-9,14,21H,1-3H3,(H,19,23). The predicted molar refractivity (Wildman–Crippen MR) is 96.2 cm³/mol. The van der Waals surface area contributed by atoms with Crippen molar-refractivity contribution in [3.8, 4) is 5.69 Å². The van der Waals surface area contributed by atoms with Crippen molar-refractivity contribution in [2.75, 3.05) is 12.4 Å². The second kappa shape index (κ2) is 7.68. The minimum absolute atomic E-state index is 0.000265. The molecular formula is C16H18Cl2N4O2. The molecule has 0 fully saturated rings. The maximum Gasteiger partial charge on any atom is 0.292 e. The normalized spacial score (nSPS) is 12.1. The molecule has 0 aliphatic carbocycles. The van der Waals surface area contributed by atoms with Gasteiger partial charge in [0, 0.05) is 12.1 Å². The maximum absolute atomic E-state index is 12.5. The van der Waals surface area contributed by atoms with E-state index in [0.29, 0.717) is 16.4 Å². The summed E-state index contributed by atoms with van der Waals surface area (Å²) in [6.45, 7) is 3.78. The molecule has 2 aromatic rings. The first-order valence-corrected chi connectivity index (χ1v) is 8.12. The van der Waals surface area contributed by atoms with E-state index in [1.165, 1.54) is 10.9 Å². The smallest absolute Gasteiger partial charge is 0.292 e. The molecule has 1 aromatic heterocycles. The number of rotatable bonds is 5. The van der Waals surface area contributed by atoms with Crippen LogP contribution in [0.4, 0.5) is 5.69 Å². The number of amides is 1. The van der Waals surface area contributed by atoms with E-state index in [0.717, 1.165) is 0 Å². The van der Waals surface area contributed by atoms with Gasteiger partial charge in [0.05, 0.1) is 17.6 Å². The minimum Gasteiger partial charge on any atom is -0.371 e. The van der Waals surface area contributed by atoms with Crippen LogP contribution in [0.3, 0.4) is 0 Å². The fraction of sp³-hybridized carbons (Fsp3) is 0.312. The Morgan fingerprint density at radius 2 is 1.83 bits per heavy atom. The van der Waals surface area contributed by atoms with Crippen LogP contribution in [-0.2, 0) is 4.79 Å². The van der Waals surface area contributed by atoms with E-state index >= 15 is 0 Å². The molecule has 6 nitrogen and oxygen atoms in total. The molecular weight excluding hydrogens is 351 g/mol. The third-order valence-electron chi connectivity index (χ3n) is 3.50. The first-order valence-electron chi connectivity index (χ1n) is 7.37. The van der Waals surface area contributed by atoms with Gasteiger partial charge in [0.25, 0.3) is 5.56 Å². The molecule has 0 spiro atoms. The summed E-state index contributed by atoms with van der Waals surface area (Å²) in [5, 5.41) is 10.2. The van der Waals surface area contributed by atoms with E-state index in [1.807, 2.05) is 13.8 Å². The van der Waals surface area contributed by atoms with Crippen molar-refractivity contribution in [3.63, 3.8) is 0 Å². The zero-order valence-electron chi connectivity index (χ0n) is 13.5. The first kappa shape index (κ1) is 18.3. The number of anilines is 1. The first-order chi connectivity index (χ1) is 11.3. The fourth-order valence-electron chi connectivity index (χ4n) is 2.16. The number of hydrogen-bond acceptors (Lipinski definition) is 4. The summed E-state index contributed by atoms with van der Waals surface area (Å²) in [5.41, 5.74) is 0.377. The predicted octanol–water partition coefficient (Wildman–Crippen LogP) is 2.72. The highest BCUT2D eigenvalue weighted by molar-refractivity contribution is 6.33. The summed E-state index contributed by atoms with van der Waals surface area (Å²) < 4.78 is 1.17. The van der Waals surface area contributed by atoms with Crippen molar-refractivity contribution in [2.45, 2.75) is 19.9 Å². The Balaban J connectivity index is 2.38. The second-order valence-electron chi connectivity index (χ2n) is 5.55. The second-order valence-corrected chi connectivity index (χ2v) is 6.36. The van der Waals surface area contributed by atoms with Gasteiger partial charge >= 0.3 is 0 Å². The highest BCUT2D eigenvalue weighted by Crippen LogP contribution is 2.20. The molecule has 1 aromatic carbocycles. The molecule has 1 unspecified atom stereocenters. The molecule has 0 saturated heterocycles. The fourth-order valence-corrected chi connectivity index (χ4v) is 2.47. The summed E-state index contributed by atoms with van der Waals surface area (Å²) in [5.74, 6) is -0.192. The third kappa shape index (κ3) is 3.88. The van der Waals surface area contributed by atoms with E-state index in [4.69, 9.17) is 23.2 Å². The van der Waals surface area contributed by atoms with Gasteiger partial charge in [-0.25, -0.2) is 0 Å². The molecule has 8 heteroatoms. The number of likely N-dealkylation sites (N-methyl/N-ethyl adjacent to an activating group) is 1. The largest absolute Gasteiger partial charge is 0.371 e. The Morgan fingerprint density at radius 1 is 1.21 bits per heavy atom. The number of hydrogen-bond donors (Lipinski definition) is 2. The zero-order chi connectivity index (χ0) is 17.9. The lowest BCUT2D eigenvalue weighted by Crippen LogP contribution is -2.42. The molecule has 128 valence electrons. The Morgan fingerprint density at radius 3 is 2.38 bits per heavy atom. The van der Waals surface area contributed by atoms with Crippen molar-refractivity contribution < 1.29 is 4.79 Å². The quantitative estimate of drug-likeness (QED) is 0.850. The van der Waals surface area contributed by atoms with Crippen LogP contribution < -0.4 is 16.2 Å². The Labute approximate surface area is 149 Å². The van der Waals surface area contributed by atoms with Crippen LogP contribution in [-0.4, -0.2) is 28.8 Å². The third-order valence-corrected chi connectivity index (χ3v) is 4.11. The van der Waals surface area contributed by atoms with Crippen LogP contribution in [0.1, 0.15) is 13.8 Å². The van der Waals surface area contributed by atoms with E-state index in [-0.39, 0.29) is 16.8 Å². The van der Waals surface area contributed by atoms with Crippen molar-refractivity contribution in [1.82, 2.24) is 15.1 Å². The van der Waals surface area contributed by atoms with Crippen LogP contribution in [0.2, 0.25) is 10.0 Å². The number of carbonyl (C=O) groups excluding carboxylic acids is 1. The molecule has 1 amide bonds. The Bertz CT molecular complexity index is 788. The molecule has 1 atom stereocenters. The van der Waals surface area contributed by atoms with Crippen LogP contribution in [0.15, 0.2) is 35.3 Å². The molecule has 0 aliphatic rings. The molecule has 1 heterocycles. The van der Waals surface area contributed by atoms with Gasteiger partial charge in [0.15, 0.2) is 0 Å². The summed E-state index contributed by atoms with van der Waals surface area (Å²) in [7, 11) is 1.55. The van der Waals surface area contributed by atoms with Gasteiger partial charge in [0.1, 0.15) is 11.1 Å². The van der Waals surface area contributed by atoms with Crippen molar-refractivity contribution in [3.05, 3.63) is 50.9 Å². The number of carbonyl (C=O) groups is 1. The molecule has 24 heavy (non-hydrogen) atoms. The van der Waals surface area contributed by atoms with Crippen LogP contribution >= 0.6 is 23.2 Å². The Hall–Kier alpha value is -2.05. The number of halogens is 2. The highest BCUT2D eigenvalue weighted by atomic mass is 35.5. The lowest BCUT2D eigenvalue weighted by molar-refractivity contribution is -0.122. The minimum atomic E-state index is -0.528. The van der Waals surface area contributed by atoms with E-state index in [1.54, 1.807) is 31.3 Å². The molecule has 0 bridgehead atoms. The zero-order valence-corrected chi connectivity index (χ0v) is 15.0. The van der Waals surface area contributed by atoms with Crippen molar-refractivity contribution in [1.29, 1.82) is 0 Å². The van der Waals surface area contributed by atoms with Gasteiger partial charge in [-0.05, 0) is 30.2 Å². The monoisotopic (exact) mass is 368 g/mol. The molecule has 2 rings (SSSR count). The van der Waals surface area contributed by atoms with Gasteiger partial charge in [-0.15, -0.1) is 0 Å². The lowest BCUT2D eigenvalue weighted by Gasteiger charge is -2.22. The molecule has 0 saturated carbocycles. The molecule has 0 radical (unpaired) electrons. The van der Waals surface area contributed by atoms with Crippen LogP contribution in [0.5, 0.6) is 0 Å². The summed E-state index contributed by atoms with van der Waals surface area (Å²) >= 11 is 12.0. The van der Waals surface area contributed by atoms with Crippen LogP contribution in [0, 0.1) is 5.92 Å². The summed E-state index contributed by atoms with van der Waals surface area (Å²) in [6, 6.07) is 6.13. The number of aromatic nitrogens is 2. The van der Waals surface area contributed by atoms with Crippen molar-refractivity contribution >= 4 is 34.8 Å². The van der Waals surface area contributed by atoms with Gasteiger partial charge in [-0.2, -0.15) is 9.78 Å². The van der Waals surface area contributed by atoms with E-state index < -0.39 is 11.6 Å². The number of benzene rings is 1. The average molecular weight is 369 g/mol. The topological polar surface area (TPSA) is 76.0 Å². The van der Waals surface area contributed by atoms with Gasteiger partial charge < -0.3 is 10.6 Å². The highest BCUT2D eigenvalue weighted by Gasteiger charge is 2.23. The Kier molecular flexibility index (Phi) is 5.85. The van der Waals surface area contributed by atoms with Gasteiger partial charge in [-0.3, -0.25) is 9.59 Å². The molecule has 2 N–H and O–H groups in total. The summed E-state index contributed by atoms with van der Waals surface area (Å²) in [4.78, 5) is 24.4. The SMILES string of the molecule is CNC(=O)C(Nc1cnn(-c2ccc(Cl)cc2)c(=O)c1Cl)C(C)C. The van der Waals surface area contributed by atoms with Gasteiger partial charge in [0.2, 0.25) is 5.91 Å². The lowest BCUT2D eigenvalue weighted by atomic mass is 10.0. The van der Waals surface area contributed by atoms with E-state index in [2.05, 4.69) is 15.7 Å². The average Bonchev–Trinajstić information content (AvgIpc) is 2.56. The maximum atomic E-state index is 12.5. The summed E-state index contributed by atoms with van der Waals surface area (Å²) in [6.07, 6.45) is 1.43. The van der Waals surface area contributed by atoms with Crippen molar-refractivity contribution in [2.24, 2.45) is 5.92 Å². The number of nitrogens with zero attached hydrogens (tertiary/aromatic N) is 2.